The van der Waals surface area contributed by atoms with E-state index in [0.717, 1.165) is 6.07 Å². The van der Waals surface area contributed by atoms with E-state index >= 15 is 0 Å². The Labute approximate surface area is 125 Å². The van der Waals surface area contributed by atoms with E-state index in [1.54, 1.807) is 0 Å². The molecule has 0 saturated carbocycles. The Bertz CT molecular complexity index is 553. The molecule has 0 unspecified atom stereocenters. The fourth-order valence-electron chi connectivity index (χ4n) is 1.53. The zero-order valence-corrected chi connectivity index (χ0v) is 13.0. The summed E-state index contributed by atoms with van der Waals surface area (Å²) in [5.74, 6) is -1.16. The first-order chi connectivity index (χ1) is 9.26. The Kier molecular flexibility index (Phi) is 5.52. The van der Waals surface area contributed by atoms with Gasteiger partial charge in [-0.25, -0.2) is 9.18 Å². The molecule has 20 heavy (non-hydrogen) atoms. The highest BCUT2D eigenvalue weighted by atomic mass is 79.9. The van der Waals surface area contributed by atoms with E-state index in [-0.39, 0.29) is 17.9 Å². The van der Waals surface area contributed by atoms with E-state index in [4.69, 9.17) is 15.7 Å². The molecular formula is C14H16BrFN2O2. The molecule has 0 radical (unpaired) electrons. The fourth-order valence-corrected chi connectivity index (χ4v) is 2.01. The van der Waals surface area contributed by atoms with Gasteiger partial charge in [0, 0.05) is 4.47 Å². The maximum Gasteiger partial charge on any atom is 0.339 e. The van der Waals surface area contributed by atoms with Gasteiger partial charge in [-0.15, -0.1) is 0 Å². The monoisotopic (exact) mass is 342 g/mol. The number of benzene rings is 1. The van der Waals surface area contributed by atoms with Gasteiger partial charge >= 0.3 is 5.97 Å². The standard InChI is InChI=1S/C14H16BrFN2O2/c1-14(2,8-17)4-3-5-20-13(19)9-6-12(18)11(16)7-10(9)15/h6-7H,3-5,18H2,1-2H3. The van der Waals surface area contributed by atoms with Crippen LogP contribution in [0.25, 0.3) is 0 Å². The largest absolute Gasteiger partial charge is 0.462 e. The van der Waals surface area contributed by atoms with Gasteiger partial charge in [0.05, 0.1) is 29.3 Å². The van der Waals surface area contributed by atoms with Crippen molar-refractivity contribution in [1.29, 1.82) is 5.26 Å². The molecule has 1 rings (SSSR count). The molecule has 0 heterocycles. The molecule has 0 aliphatic rings. The summed E-state index contributed by atoms with van der Waals surface area (Å²) in [6.45, 7) is 3.85. The second-order valence-corrected chi connectivity index (χ2v) is 5.94. The average Bonchev–Trinajstić information content (AvgIpc) is 2.38. The van der Waals surface area contributed by atoms with E-state index in [9.17, 15) is 9.18 Å². The number of carbonyl (C=O) groups is 1. The Morgan fingerprint density at radius 2 is 2.20 bits per heavy atom. The van der Waals surface area contributed by atoms with Crippen molar-refractivity contribution in [3.63, 3.8) is 0 Å². The summed E-state index contributed by atoms with van der Waals surface area (Å²) >= 11 is 3.09. The summed E-state index contributed by atoms with van der Waals surface area (Å²) in [6.07, 6.45) is 1.21. The predicted octanol–water partition coefficient (Wildman–Crippen LogP) is 3.66. The molecule has 0 aromatic heterocycles. The number of hydrogen-bond acceptors (Lipinski definition) is 4. The number of nitrogens with two attached hydrogens (primary N) is 1. The lowest BCUT2D eigenvalue weighted by molar-refractivity contribution is 0.0490. The predicted molar refractivity (Wildman–Crippen MR) is 77.4 cm³/mol. The second kappa shape index (κ2) is 6.71. The number of hydrogen-bond donors (Lipinski definition) is 1. The highest BCUT2D eigenvalue weighted by Crippen LogP contribution is 2.24. The van der Waals surface area contributed by atoms with Gasteiger partial charge in [-0.2, -0.15) is 5.26 Å². The number of ether oxygens (including phenoxy) is 1. The number of nitrogen functional groups attached to an aromatic ring is 1. The lowest BCUT2D eigenvalue weighted by atomic mass is 9.90. The van der Waals surface area contributed by atoms with Crippen LogP contribution in [0.2, 0.25) is 0 Å². The van der Waals surface area contributed by atoms with Gasteiger partial charge in [-0.3, -0.25) is 0 Å². The highest BCUT2D eigenvalue weighted by Gasteiger charge is 2.17. The first-order valence-electron chi connectivity index (χ1n) is 6.10. The molecule has 108 valence electrons. The summed E-state index contributed by atoms with van der Waals surface area (Å²) in [7, 11) is 0. The zero-order valence-electron chi connectivity index (χ0n) is 11.4. The molecule has 0 bridgehead atoms. The average molecular weight is 343 g/mol. The SMILES string of the molecule is CC(C)(C#N)CCCOC(=O)c1cc(N)c(F)cc1Br. The number of nitrogens with zero attached hydrogens (tertiary/aromatic N) is 1. The van der Waals surface area contributed by atoms with Gasteiger partial charge in [-0.05, 0) is 54.8 Å². The topological polar surface area (TPSA) is 76.1 Å². The Morgan fingerprint density at radius 3 is 2.80 bits per heavy atom. The molecular weight excluding hydrogens is 327 g/mol. The zero-order chi connectivity index (χ0) is 15.3. The van der Waals surface area contributed by atoms with Crippen LogP contribution in [0.4, 0.5) is 10.1 Å². The van der Waals surface area contributed by atoms with Gasteiger partial charge in [0.2, 0.25) is 0 Å². The van der Waals surface area contributed by atoms with Crippen molar-refractivity contribution in [2.45, 2.75) is 26.7 Å². The van der Waals surface area contributed by atoms with Crippen LogP contribution in [0.3, 0.4) is 0 Å². The minimum atomic E-state index is -0.593. The van der Waals surface area contributed by atoms with Crippen LogP contribution in [0.1, 0.15) is 37.0 Å². The smallest absolute Gasteiger partial charge is 0.339 e. The molecule has 0 saturated heterocycles. The third-order valence-corrected chi connectivity index (χ3v) is 3.44. The van der Waals surface area contributed by atoms with Gasteiger partial charge in [0.25, 0.3) is 0 Å². The maximum atomic E-state index is 13.2. The van der Waals surface area contributed by atoms with Crippen LogP contribution in [0, 0.1) is 22.6 Å². The highest BCUT2D eigenvalue weighted by molar-refractivity contribution is 9.10. The minimum absolute atomic E-state index is 0.106. The van der Waals surface area contributed by atoms with Crippen LogP contribution < -0.4 is 5.73 Å². The van der Waals surface area contributed by atoms with Crippen molar-refractivity contribution in [2.24, 2.45) is 5.41 Å². The molecule has 0 spiro atoms. The number of halogens is 2. The number of anilines is 1. The summed E-state index contributed by atoms with van der Waals surface area (Å²) in [5.41, 5.74) is 5.06. The van der Waals surface area contributed by atoms with E-state index in [1.807, 2.05) is 13.8 Å². The molecule has 1 aromatic rings. The lowest BCUT2D eigenvalue weighted by Crippen LogP contribution is -2.12. The first-order valence-corrected chi connectivity index (χ1v) is 6.89. The summed E-state index contributed by atoms with van der Waals surface area (Å²) in [5, 5.41) is 8.86. The van der Waals surface area contributed by atoms with Gasteiger partial charge in [-0.1, -0.05) is 0 Å². The number of nitriles is 1. The molecule has 0 aliphatic carbocycles. The minimum Gasteiger partial charge on any atom is -0.462 e. The molecule has 0 aliphatic heterocycles. The summed E-state index contributed by atoms with van der Waals surface area (Å²) in [4.78, 5) is 11.8. The van der Waals surface area contributed by atoms with Crippen LogP contribution >= 0.6 is 15.9 Å². The Balaban J connectivity index is 2.57. The van der Waals surface area contributed by atoms with E-state index in [2.05, 4.69) is 22.0 Å². The van der Waals surface area contributed by atoms with E-state index in [0.29, 0.717) is 17.3 Å². The molecule has 2 N–H and O–H groups in total. The number of rotatable bonds is 5. The van der Waals surface area contributed by atoms with Crippen molar-refractivity contribution < 1.29 is 13.9 Å². The van der Waals surface area contributed by atoms with Crippen LogP contribution in [0.5, 0.6) is 0 Å². The van der Waals surface area contributed by atoms with Gasteiger partial charge in [0.15, 0.2) is 0 Å². The molecule has 1 aromatic carbocycles. The summed E-state index contributed by atoms with van der Waals surface area (Å²) in [6, 6.07) is 4.54. The van der Waals surface area contributed by atoms with Crippen LogP contribution in [0.15, 0.2) is 16.6 Å². The maximum absolute atomic E-state index is 13.2. The molecule has 0 fully saturated rings. The first kappa shape index (κ1) is 16.4. The Morgan fingerprint density at radius 1 is 1.55 bits per heavy atom. The third-order valence-electron chi connectivity index (χ3n) is 2.79. The van der Waals surface area contributed by atoms with E-state index in [1.165, 1.54) is 6.07 Å². The van der Waals surface area contributed by atoms with Crippen molar-refractivity contribution in [1.82, 2.24) is 0 Å². The van der Waals surface area contributed by atoms with Crippen LogP contribution in [-0.4, -0.2) is 12.6 Å². The normalized spacial score (nSPS) is 10.9. The number of esters is 1. The van der Waals surface area contributed by atoms with E-state index < -0.39 is 17.2 Å². The lowest BCUT2D eigenvalue weighted by Gasteiger charge is -2.14. The third kappa shape index (κ3) is 4.49. The summed E-state index contributed by atoms with van der Waals surface area (Å²) < 4.78 is 18.5. The molecule has 0 amide bonds. The Hall–Kier alpha value is -1.61. The van der Waals surface area contributed by atoms with Crippen molar-refractivity contribution in [2.75, 3.05) is 12.3 Å². The second-order valence-electron chi connectivity index (χ2n) is 5.09. The molecule has 4 nitrogen and oxygen atoms in total. The fraction of sp³-hybridized carbons (Fsp3) is 0.429. The van der Waals surface area contributed by atoms with Crippen molar-refractivity contribution >= 4 is 27.6 Å². The van der Waals surface area contributed by atoms with Crippen molar-refractivity contribution in [3.8, 4) is 6.07 Å². The molecule has 6 heteroatoms. The van der Waals surface area contributed by atoms with Crippen LogP contribution in [-0.2, 0) is 4.74 Å². The quantitative estimate of drug-likeness (QED) is 0.503. The van der Waals surface area contributed by atoms with Gasteiger partial charge in [0.1, 0.15) is 5.82 Å². The molecule has 0 atom stereocenters. The van der Waals surface area contributed by atoms with Gasteiger partial charge < -0.3 is 10.5 Å². The van der Waals surface area contributed by atoms with Crippen molar-refractivity contribution in [3.05, 3.63) is 28.0 Å². The number of carbonyl (C=O) groups excluding carboxylic acids is 1.